The molecule has 0 unspecified atom stereocenters. The van der Waals surface area contributed by atoms with Gasteiger partial charge in [-0.1, -0.05) is 36.4 Å². The highest BCUT2D eigenvalue weighted by atomic mass is 32.1. The summed E-state index contributed by atoms with van der Waals surface area (Å²) in [7, 11) is 1.95. The van der Waals surface area contributed by atoms with Crippen LogP contribution in [0.25, 0.3) is 11.4 Å². The quantitative estimate of drug-likeness (QED) is 0.633. The van der Waals surface area contributed by atoms with Crippen molar-refractivity contribution in [3.05, 3.63) is 57.5 Å². The summed E-state index contributed by atoms with van der Waals surface area (Å²) < 4.78 is 4.52. The van der Waals surface area contributed by atoms with E-state index in [2.05, 4.69) is 4.90 Å². The number of hydrogen-bond acceptors (Lipinski definition) is 5. The van der Waals surface area contributed by atoms with Crippen LogP contribution in [0.4, 0.5) is 0 Å². The molecule has 140 valence electrons. The van der Waals surface area contributed by atoms with E-state index >= 15 is 0 Å². The maximum Gasteiger partial charge on any atom is 0.264 e. The van der Waals surface area contributed by atoms with E-state index in [0.717, 1.165) is 42.4 Å². The van der Waals surface area contributed by atoms with Crippen molar-refractivity contribution in [3.63, 3.8) is 0 Å². The Morgan fingerprint density at radius 1 is 1.11 bits per heavy atom. The first kappa shape index (κ1) is 18.1. The van der Waals surface area contributed by atoms with Gasteiger partial charge >= 0.3 is 0 Å². The number of carbonyl (C=O) groups excluding carboxylic acids is 1. The Morgan fingerprint density at radius 3 is 2.52 bits per heavy atom. The largest absolute Gasteiger partial charge is 0.335 e. The highest BCUT2D eigenvalue weighted by Gasteiger charge is 2.23. The van der Waals surface area contributed by atoms with Gasteiger partial charge in [0, 0.05) is 38.8 Å². The van der Waals surface area contributed by atoms with Crippen molar-refractivity contribution in [1.29, 1.82) is 0 Å². The van der Waals surface area contributed by atoms with Crippen LogP contribution in [0.5, 0.6) is 0 Å². The number of hydrogen-bond donors (Lipinski definition) is 0. The van der Waals surface area contributed by atoms with E-state index < -0.39 is 0 Å². The number of nitrogens with zero attached hydrogens (tertiary/aromatic N) is 5. The molecule has 1 aliphatic heterocycles. The lowest BCUT2D eigenvalue weighted by molar-refractivity contribution is 0.0590. The summed E-state index contributed by atoms with van der Waals surface area (Å²) in [6.45, 7) is 3.72. The average molecular weight is 400 g/mol. The standard InChI is InChI=1S/C19H21N5OS2/c1-21-17(15-6-3-2-4-7-15)20-24(19(21)26)14-22-9-11-23(12-10-22)18(25)16-8-5-13-27-16/h2-8,13H,9-12,14H2,1H3. The molecule has 1 amide bonds. The van der Waals surface area contributed by atoms with E-state index in [9.17, 15) is 4.79 Å². The minimum atomic E-state index is 0.130. The van der Waals surface area contributed by atoms with Crippen molar-refractivity contribution >= 4 is 29.5 Å². The van der Waals surface area contributed by atoms with Gasteiger partial charge in [0.05, 0.1) is 11.5 Å². The van der Waals surface area contributed by atoms with E-state index in [1.165, 1.54) is 11.3 Å². The molecule has 6 nitrogen and oxygen atoms in total. The Morgan fingerprint density at radius 2 is 1.85 bits per heavy atom. The number of rotatable bonds is 4. The van der Waals surface area contributed by atoms with Crippen LogP contribution in [0.2, 0.25) is 0 Å². The fourth-order valence-electron chi connectivity index (χ4n) is 3.26. The second-order valence-corrected chi connectivity index (χ2v) is 7.87. The molecular formula is C19H21N5OS2. The smallest absolute Gasteiger partial charge is 0.264 e. The third kappa shape index (κ3) is 3.73. The summed E-state index contributed by atoms with van der Waals surface area (Å²) in [5.41, 5.74) is 1.05. The maximum absolute atomic E-state index is 12.5. The minimum Gasteiger partial charge on any atom is -0.335 e. The number of piperazine rings is 1. The van der Waals surface area contributed by atoms with Crippen molar-refractivity contribution in [2.24, 2.45) is 7.05 Å². The number of thiophene rings is 1. The Bertz CT molecular complexity index is 969. The molecule has 0 atom stereocenters. The molecule has 0 bridgehead atoms. The third-order valence-electron chi connectivity index (χ3n) is 4.80. The van der Waals surface area contributed by atoms with Gasteiger partial charge in [0.1, 0.15) is 0 Å². The summed E-state index contributed by atoms with van der Waals surface area (Å²) in [6.07, 6.45) is 0. The van der Waals surface area contributed by atoms with Crippen LogP contribution in [0.1, 0.15) is 9.67 Å². The summed E-state index contributed by atoms with van der Waals surface area (Å²) in [5, 5.41) is 6.66. The Kier molecular flexibility index (Phi) is 5.20. The van der Waals surface area contributed by atoms with Crippen LogP contribution >= 0.6 is 23.6 Å². The zero-order chi connectivity index (χ0) is 18.8. The average Bonchev–Trinajstić information content (AvgIpc) is 3.33. The van der Waals surface area contributed by atoms with Crippen LogP contribution in [0.3, 0.4) is 0 Å². The zero-order valence-electron chi connectivity index (χ0n) is 15.1. The lowest BCUT2D eigenvalue weighted by Gasteiger charge is -2.34. The summed E-state index contributed by atoms with van der Waals surface area (Å²) in [6, 6.07) is 13.9. The molecule has 8 heteroatoms. The first-order chi connectivity index (χ1) is 13.1. The molecule has 1 aliphatic rings. The van der Waals surface area contributed by atoms with Crippen molar-refractivity contribution in [2.75, 3.05) is 26.2 Å². The van der Waals surface area contributed by atoms with Gasteiger partial charge in [-0.25, -0.2) is 4.68 Å². The normalized spacial score (nSPS) is 15.2. The molecule has 4 rings (SSSR count). The Hall–Kier alpha value is -2.29. The van der Waals surface area contributed by atoms with Gasteiger partial charge in [0.25, 0.3) is 5.91 Å². The fourth-order valence-corrected chi connectivity index (χ4v) is 4.13. The predicted octanol–water partition coefficient (Wildman–Crippen LogP) is 3.10. The first-order valence-corrected chi connectivity index (χ1v) is 10.2. The molecule has 0 saturated carbocycles. The second kappa shape index (κ2) is 7.75. The second-order valence-electron chi connectivity index (χ2n) is 6.56. The van der Waals surface area contributed by atoms with Crippen LogP contribution in [-0.4, -0.2) is 56.2 Å². The molecule has 1 aromatic carbocycles. The fraction of sp³-hybridized carbons (Fsp3) is 0.316. The highest BCUT2D eigenvalue weighted by molar-refractivity contribution is 7.71. The first-order valence-electron chi connectivity index (χ1n) is 8.88. The molecule has 0 N–H and O–H groups in total. The summed E-state index contributed by atoms with van der Waals surface area (Å²) in [5.74, 6) is 0.998. The van der Waals surface area contributed by atoms with E-state index in [4.69, 9.17) is 17.3 Å². The molecule has 0 radical (unpaired) electrons. The van der Waals surface area contributed by atoms with E-state index in [0.29, 0.717) is 11.4 Å². The molecule has 2 aromatic heterocycles. The molecular weight excluding hydrogens is 378 g/mol. The number of aromatic nitrogens is 3. The number of carbonyl (C=O) groups is 1. The monoisotopic (exact) mass is 399 g/mol. The Labute approximate surface area is 167 Å². The van der Waals surface area contributed by atoms with Gasteiger partial charge in [-0.2, -0.15) is 5.10 Å². The number of amides is 1. The van der Waals surface area contributed by atoms with Crippen LogP contribution in [-0.2, 0) is 13.7 Å². The van der Waals surface area contributed by atoms with Gasteiger partial charge in [-0.3, -0.25) is 9.69 Å². The molecule has 0 spiro atoms. The lowest BCUT2D eigenvalue weighted by atomic mass is 10.2. The van der Waals surface area contributed by atoms with E-state index in [1.807, 2.05) is 69.0 Å². The van der Waals surface area contributed by atoms with Gasteiger partial charge in [0.15, 0.2) is 10.6 Å². The predicted molar refractivity (Wildman–Crippen MR) is 109 cm³/mol. The van der Waals surface area contributed by atoms with E-state index in [1.54, 1.807) is 0 Å². The summed E-state index contributed by atoms with van der Waals surface area (Å²) in [4.78, 5) is 17.5. The van der Waals surface area contributed by atoms with Gasteiger partial charge in [-0.05, 0) is 23.7 Å². The van der Waals surface area contributed by atoms with Crippen LogP contribution < -0.4 is 0 Å². The van der Waals surface area contributed by atoms with Gasteiger partial charge in [-0.15, -0.1) is 11.3 Å². The van der Waals surface area contributed by atoms with Crippen molar-refractivity contribution in [2.45, 2.75) is 6.67 Å². The van der Waals surface area contributed by atoms with Crippen LogP contribution in [0, 0.1) is 4.77 Å². The SMILES string of the molecule is Cn1c(-c2ccccc2)nn(CN2CCN(C(=O)c3cccs3)CC2)c1=S. The molecule has 1 saturated heterocycles. The highest BCUT2D eigenvalue weighted by Crippen LogP contribution is 2.18. The van der Waals surface area contributed by atoms with Crippen molar-refractivity contribution in [3.8, 4) is 11.4 Å². The van der Waals surface area contributed by atoms with Crippen LogP contribution in [0.15, 0.2) is 47.8 Å². The maximum atomic E-state index is 12.5. The Balaban J connectivity index is 1.42. The zero-order valence-corrected chi connectivity index (χ0v) is 16.7. The number of benzene rings is 1. The molecule has 27 heavy (non-hydrogen) atoms. The van der Waals surface area contributed by atoms with Gasteiger partial charge in [0.2, 0.25) is 0 Å². The van der Waals surface area contributed by atoms with E-state index in [-0.39, 0.29) is 5.91 Å². The van der Waals surface area contributed by atoms with Gasteiger partial charge < -0.3 is 9.47 Å². The lowest BCUT2D eigenvalue weighted by Crippen LogP contribution is -2.48. The van der Waals surface area contributed by atoms with Crippen molar-refractivity contribution < 1.29 is 4.79 Å². The molecule has 0 aliphatic carbocycles. The minimum absolute atomic E-state index is 0.130. The molecule has 3 aromatic rings. The summed E-state index contributed by atoms with van der Waals surface area (Å²) >= 11 is 7.07. The molecule has 1 fully saturated rings. The topological polar surface area (TPSA) is 46.3 Å². The third-order valence-corrected chi connectivity index (χ3v) is 6.14. The molecule has 3 heterocycles. The van der Waals surface area contributed by atoms with Crippen molar-refractivity contribution in [1.82, 2.24) is 24.1 Å².